The van der Waals surface area contributed by atoms with Crippen molar-refractivity contribution in [3.8, 4) is 11.3 Å². The van der Waals surface area contributed by atoms with E-state index in [0.717, 1.165) is 80.7 Å². The molecule has 8 heteroatoms. The zero-order chi connectivity index (χ0) is 24.6. The lowest BCUT2D eigenvalue weighted by atomic mass is 9.94. The molecule has 4 aliphatic rings. The summed E-state index contributed by atoms with van der Waals surface area (Å²) in [5.41, 5.74) is 2.10. The van der Waals surface area contributed by atoms with Gasteiger partial charge in [0.05, 0.1) is 18.1 Å². The second-order valence-corrected chi connectivity index (χ2v) is 12.5. The molecule has 3 heterocycles. The number of benzene rings is 1. The minimum Gasteiger partial charge on any atom is -0.456 e. The molecule has 2 bridgehead atoms. The molecule has 6 rings (SSSR count). The van der Waals surface area contributed by atoms with Gasteiger partial charge >= 0.3 is 0 Å². The maximum absolute atomic E-state index is 13.5. The van der Waals surface area contributed by atoms with E-state index in [1.807, 2.05) is 35.2 Å². The van der Waals surface area contributed by atoms with Crippen LogP contribution in [-0.4, -0.2) is 58.9 Å². The number of thioether (sulfide) groups is 1. The monoisotopic (exact) mass is 542 g/mol. The van der Waals surface area contributed by atoms with E-state index >= 15 is 0 Å². The number of morpholine rings is 1. The minimum absolute atomic E-state index is 0.0475. The number of hydrogen-bond donors (Lipinski definition) is 0. The highest BCUT2D eigenvalue weighted by Crippen LogP contribution is 2.49. The maximum Gasteiger partial charge on any atom is 0.266 e. The van der Waals surface area contributed by atoms with Crippen molar-refractivity contribution in [2.24, 2.45) is 11.8 Å². The molecule has 2 aliphatic heterocycles. The number of carbonyl (C=O) groups is 1. The molecule has 36 heavy (non-hydrogen) atoms. The van der Waals surface area contributed by atoms with Crippen molar-refractivity contribution in [2.75, 3.05) is 32.8 Å². The lowest BCUT2D eigenvalue weighted by Gasteiger charge is -2.30. The Morgan fingerprint density at radius 1 is 1.14 bits per heavy atom. The van der Waals surface area contributed by atoms with Crippen LogP contribution in [0.3, 0.4) is 0 Å². The van der Waals surface area contributed by atoms with Crippen LogP contribution < -0.4 is 0 Å². The standard InChI is InChI=1S/C28H31ClN2O3S2/c29-22-7-5-19(6-8-22)24-16-21(2-1-9-30-10-12-33-13-11-30)25(34-24)17-26-27(32)31(28(35)36-26)23-15-18-3-4-20(23)14-18/h5-8,16-18,20,23H,1-4,9-15H2/b26-17+. The molecule has 0 spiro atoms. The summed E-state index contributed by atoms with van der Waals surface area (Å²) in [4.78, 5) is 18.5. The Morgan fingerprint density at radius 3 is 2.67 bits per heavy atom. The molecule has 3 atom stereocenters. The van der Waals surface area contributed by atoms with Gasteiger partial charge in [0.25, 0.3) is 5.91 Å². The number of rotatable bonds is 7. The van der Waals surface area contributed by atoms with E-state index in [1.165, 1.54) is 31.0 Å². The molecule has 1 aromatic heterocycles. The number of furan rings is 1. The summed E-state index contributed by atoms with van der Waals surface area (Å²) in [5.74, 6) is 2.97. The molecule has 1 amide bonds. The zero-order valence-electron chi connectivity index (χ0n) is 20.3. The van der Waals surface area contributed by atoms with Crippen molar-refractivity contribution in [3.05, 3.63) is 51.6 Å². The third-order valence-electron chi connectivity index (χ3n) is 8.11. The van der Waals surface area contributed by atoms with Crippen molar-refractivity contribution < 1.29 is 13.9 Å². The quantitative estimate of drug-likeness (QED) is 0.304. The molecular weight excluding hydrogens is 512 g/mol. The van der Waals surface area contributed by atoms with Crippen molar-refractivity contribution in [2.45, 2.75) is 44.6 Å². The first-order valence-corrected chi connectivity index (χ1v) is 14.6. The fourth-order valence-corrected chi connectivity index (χ4v) is 7.72. The van der Waals surface area contributed by atoms with Crippen LogP contribution in [-0.2, 0) is 16.0 Å². The van der Waals surface area contributed by atoms with Crippen LogP contribution in [0.15, 0.2) is 39.7 Å². The molecule has 2 aromatic rings. The minimum atomic E-state index is 0.0475. The molecule has 190 valence electrons. The fraction of sp³-hybridized carbons (Fsp3) is 0.500. The second kappa shape index (κ2) is 10.6. The summed E-state index contributed by atoms with van der Waals surface area (Å²) in [7, 11) is 0. The highest BCUT2D eigenvalue weighted by atomic mass is 35.5. The molecule has 0 N–H and O–H groups in total. The number of carbonyl (C=O) groups excluding carboxylic acids is 1. The van der Waals surface area contributed by atoms with Crippen LogP contribution in [0.1, 0.15) is 43.4 Å². The lowest BCUT2D eigenvalue weighted by Crippen LogP contribution is -2.41. The van der Waals surface area contributed by atoms with E-state index in [1.54, 1.807) is 0 Å². The molecule has 3 unspecified atom stereocenters. The van der Waals surface area contributed by atoms with E-state index in [9.17, 15) is 4.79 Å². The van der Waals surface area contributed by atoms with Gasteiger partial charge in [0.1, 0.15) is 15.8 Å². The fourth-order valence-electron chi connectivity index (χ4n) is 6.25. The maximum atomic E-state index is 13.5. The van der Waals surface area contributed by atoms with Gasteiger partial charge in [-0.05, 0) is 86.4 Å². The van der Waals surface area contributed by atoms with Crippen molar-refractivity contribution in [1.29, 1.82) is 0 Å². The van der Waals surface area contributed by atoms with Gasteiger partial charge < -0.3 is 9.15 Å². The molecule has 2 saturated carbocycles. The summed E-state index contributed by atoms with van der Waals surface area (Å²) in [6.07, 6.45) is 8.70. The number of ether oxygens (including phenoxy) is 1. The Bertz CT molecular complexity index is 1170. The van der Waals surface area contributed by atoms with E-state index in [2.05, 4.69) is 11.0 Å². The largest absolute Gasteiger partial charge is 0.456 e. The number of hydrogen-bond acceptors (Lipinski definition) is 6. The number of halogens is 1. The zero-order valence-corrected chi connectivity index (χ0v) is 22.7. The average molecular weight is 543 g/mol. The van der Waals surface area contributed by atoms with Crippen molar-refractivity contribution >= 4 is 51.9 Å². The summed E-state index contributed by atoms with van der Waals surface area (Å²) in [6.45, 7) is 4.61. The van der Waals surface area contributed by atoms with E-state index < -0.39 is 0 Å². The van der Waals surface area contributed by atoms with Crippen LogP contribution >= 0.6 is 35.6 Å². The molecule has 5 nitrogen and oxygen atoms in total. The van der Waals surface area contributed by atoms with E-state index in [-0.39, 0.29) is 11.9 Å². The van der Waals surface area contributed by atoms with Crippen molar-refractivity contribution in [1.82, 2.24) is 9.80 Å². The molecule has 4 fully saturated rings. The van der Waals surface area contributed by atoms with Gasteiger partial charge in [-0.1, -0.05) is 42.0 Å². The van der Waals surface area contributed by atoms with Gasteiger partial charge in [0.2, 0.25) is 0 Å². The Hall–Kier alpha value is -1.64. The first kappa shape index (κ1) is 24.7. The Balaban J connectivity index is 1.24. The van der Waals surface area contributed by atoms with Crippen LogP contribution in [0.4, 0.5) is 0 Å². The highest BCUT2D eigenvalue weighted by Gasteiger charge is 2.48. The number of aryl methyl sites for hydroxylation is 1. The summed E-state index contributed by atoms with van der Waals surface area (Å²) < 4.78 is 12.5. The normalized spacial score (nSPS) is 27.6. The Kier molecular flexibility index (Phi) is 7.28. The highest BCUT2D eigenvalue weighted by molar-refractivity contribution is 8.26. The van der Waals surface area contributed by atoms with Gasteiger partial charge in [-0.25, -0.2) is 0 Å². The molecule has 2 saturated heterocycles. The van der Waals surface area contributed by atoms with Crippen LogP contribution in [0.5, 0.6) is 0 Å². The van der Waals surface area contributed by atoms with Gasteiger partial charge in [-0.15, -0.1) is 0 Å². The number of nitrogens with zero attached hydrogens (tertiary/aromatic N) is 2. The van der Waals surface area contributed by atoms with Gasteiger partial charge in [-0.2, -0.15) is 0 Å². The van der Waals surface area contributed by atoms with Gasteiger partial charge in [0, 0.05) is 35.8 Å². The molecule has 0 radical (unpaired) electrons. The first-order chi connectivity index (χ1) is 17.5. The first-order valence-electron chi connectivity index (χ1n) is 13.0. The Morgan fingerprint density at radius 2 is 1.94 bits per heavy atom. The second-order valence-electron chi connectivity index (χ2n) is 10.4. The van der Waals surface area contributed by atoms with Crippen LogP contribution in [0, 0.1) is 11.8 Å². The number of thiocarbonyl (C=S) groups is 1. The Labute approximate surface area is 227 Å². The average Bonchev–Trinajstić information content (AvgIpc) is 3.66. The van der Waals surface area contributed by atoms with Crippen molar-refractivity contribution in [3.63, 3.8) is 0 Å². The summed E-state index contributed by atoms with van der Waals surface area (Å²) in [6, 6.07) is 10.1. The topological polar surface area (TPSA) is 45.9 Å². The van der Waals surface area contributed by atoms with Gasteiger partial charge in [-0.3, -0.25) is 14.6 Å². The van der Waals surface area contributed by atoms with E-state index in [4.69, 9.17) is 33.0 Å². The SMILES string of the molecule is O=C1/C(=C\c2oc(-c3ccc(Cl)cc3)cc2CCCN2CCOCC2)SC(=S)N1C1CC2CCC1C2. The molecular formula is C28H31ClN2O3S2. The van der Waals surface area contributed by atoms with Gasteiger partial charge in [0.15, 0.2) is 0 Å². The van der Waals surface area contributed by atoms with Crippen LogP contribution in [0.25, 0.3) is 17.4 Å². The number of amides is 1. The molecule has 1 aromatic carbocycles. The number of fused-ring (bicyclic) bond motifs is 2. The summed E-state index contributed by atoms with van der Waals surface area (Å²) in [5, 5.41) is 0.695. The van der Waals surface area contributed by atoms with E-state index in [0.29, 0.717) is 20.2 Å². The predicted octanol–water partition coefficient (Wildman–Crippen LogP) is 6.25. The third kappa shape index (κ3) is 5.05. The molecule has 2 aliphatic carbocycles. The summed E-state index contributed by atoms with van der Waals surface area (Å²) >= 11 is 13.2. The smallest absolute Gasteiger partial charge is 0.266 e. The third-order valence-corrected chi connectivity index (χ3v) is 9.70. The van der Waals surface area contributed by atoms with Crippen LogP contribution in [0.2, 0.25) is 5.02 Å². The predicted molar refractivity (Wildman–Crippen MR) is 149 cm³/mol. The lowest BCUT2D eigenvalue weighted by molar-refractivity contribution is -0.124.